The van der Waals surface area contributed by atoms with Gasteiger partial charge in [0.2, 0.25) is 0 Å². The van der Waals surface area contributed by atoms with Crippen molar-refractivity contribution < 1.29 is 17.9 Å². The lowest BCUT2D eigenvalue weighted by molar-refractivity contribution is -0.0522. The Hall–Kier alpha value is -0.980. The van der Waals surface area contributed by atoms with Gasteiger partial charge in [0, 0.05) is 18.4 Å². The fourth-order valence-corrected chi connectivity index (χ4v) is 5.18. The van der Waals surface area contributed by atoms with Gasteiger partial charge in [-0.1, -0.05) is 18.2 Å². The van der Waals surface area contributed by atoms with Crippen molar-refractivity contribution in [2.45, 2.75) is 25.4 Å². The van der Waals surface area contributed by atoms with Crippen LogP contribution in [-0.2, 0) is 16.3 Å². The quantitative estimate of drug-likeness (QED) is 0.865. The largest absolute Gasteiger partial charge is 0.389 e. The monoisotopic (exact) mass is 301 g/mol. The van der Waals surface area contributed by atoms with Crippen molar-refractivity contribution in [3.8, 4) is 0 Å². The summed E-state index contributed by atoms with van der Waals surface area (Å²) in [7, 11) is -3.19. The van der Waals surface area contributed by atoms with E-state index in [0.29, 0.717) is 12.0 Å². The van der Waals surface area contributed by atoms with Gasteiger partial charge in [0.25, 0.3) is 0 Å². The van der Waals surface area contributed by atoms with Crippen LogP contribution in [-0.4, -0.2) is 37.2 Å². The smallest absolute Gasteiger partial charge is 0.151 e. The van der Waals surface area contributed by atoms with Crippen LogP contribution in [0.4, 0.5) is 4.39 Å². The van der Waals surface area contributed by atoms with Gasteiger partial charge >= 0.3 is 0 Å². The summed E-state index contributed by atoms with van der Waals surface area (Å²) in [5.74, 6) is -0.518. The first-order chi connectivity index (χ1) is 9.21. The normalized spacial score (nSPS) is 28.2. The molecule has 0 bridgehead atoms. The lowest BCUT2D eigenvalue weighted by atomic mass is 9.69. The molecule has 0 radical (unpaired) electrons. The van der Waals surface area contributed by atoms with Crippen LogP contribution in [0.15, 0.2) is 24.3 Å². The maximum atomic E-state index is 13.7. The van der Waals surface area contributed by atoms with E-state index >= 15 is 0 Å². The molecule has 4 nitrogen and oxygen atoms in total. The van der Waals surface area contributed by atoms with Gasteiger partial charge < -0.3 is 10.8 Å². The number of hydrogen-bond donors (Lipinski definition) is 2. The third-order valence-electron chi connectivity index (χ3n) is 4.41. The fraction of sp³-hybridized carbons (Fsp3) is 0.571. The lowest BCUT2D eigenvalue weighted by Gasteiger charge is -2.41. The minimum Gasteiger partial charge on any atom is -0.389 e. The Bertz CT molecular complexity index is 600. The van der Waals surface area contributed by atoms with Crippen molar-refractivity contribution in [1.29, 1.82) is 0 Å². The zero-order chi connectivity index (χ0) is 15.0. The standard InChI is InChI=1S/C14H20FNO3S/c1-13(17,8-11-4-2-3-5-12(11)15)14(9-16)6-7-20(18,19)10-14/h2-5,17H,6-10,16H2,1H3. The minimum absolute atomic E-state index is 0.0254. The summed E-state index contributed by atoms with van der Waals surface area (Å²) in [6.45, 7) is 1.61. The maximum Gasteiger partial charge on any atom is 0.151 e. The molecule has 0 spiro atoms. The van der Waals surface area contributed by atoms with Crippen LogP contribution in [0.2, 0.25) is 0 Å². The number of hydrogen-bond acceptors (Lipinski definition) is 4. The molecule has 3 N–H and O–H groups in total. The predicted molar refractivity (Wildman–Crippen MR) is 75.5 cm³/mol. The third kappa shape index (κ3) is 2.73. The van der Waals surface area contributed by atoms with Crippen LogP contribution >= 0.6 is 0 Å². The summed E-state index contributed by atoms with van der Waals surface area (Å²) in [4.78, 5) is 0. The van der Waals surface area contributed by atoms with E-state index in [9.17, 15) is 17.9 Å². The first-order valence-corrected chi connectivity index (χ1v) is 8.40. The summed E-state index contributed by atoms with van der Waals surface area (Å²) < 4.78 is 37.2. The SMILES string of the molecule is CC(O)(Cc1ccccc1F)C1(CN)CCS(=O)(=O)C1. The summed E-state index contributed by atoms with van der Waals surface area (Å²) in [5, 5.41) is 10.8. The Balaban J connectivity index is 2.32. The van der Waals surface area contributed by atoms with Gasteiger partial charge in [0.1, 0.15) is 5.82 Å². The molecule has 1 aromatic carbocycles. The Morgan fingerprint density at radius 3 is 2.60 bits per heavy atom. The van der Waals surface area contributed by atoms with Gasteiger partial charge in [-0.15, -0.1) is 0 Å². The van der Waals surface area contributed by atoms with Gasteiger partial charge in [-0.3, -0.25) is 0 Å². The molecule has 6 heteroatoms. The third-order valence-corrected chi connectivity index (χ3v) is 6.23. The van der Waals surface area contributed by atoms with Crippen molar-refractivity contribution in [1.82, 2.24) is 0 Å². The van der Waals surface area contributed by atoms with Gasteiger partial charge in [-0.25, -0.2) is 12.8 Å². The van der Waals surface area contributed by atoms with Gasteiger partial charge in [-0.05, 0) is 25.0 Å². The molecule has 1 aromatic rings. The van der Waals surface area contributed by atoms with Crippen molar-refractivity contribution in [3.05, 3.63) is 35.6 Å². The number of halogens is 1. The van der Waals surface area contributed by atoms with Crippen LogP contribution in [0.3, 0.4) is 0 Å². The summed E-state index contributed by atoms with van der Waals surface area (Å²) in [6, 6.07) is 6.19. The summed E-state index contributed by atoms with van der Waals surface area (Å²) in [6.07, 6.45) is 0.361. The van der Waals surface area contributed by atoms with E-state index in [1.165, 1.54) is 6.07 Å². The van der Waals surface area contributed by atoms with Crippen molar-refractivity contribution in [2.75, 3.05) is 18.1 Å². The highest BCUT2D eigenvalue weighted by molar-refractivity contribution is 7.91. The Morgan fingerprint density at radius 2 is 2.10 bits per heavy atom. The van der Waals surface area contributed by atoms with Crippen LogP contribution in [0.1, 0.15) is 18.9 Å². The van der Waals surface area contributed by atoms with Crippen molar-refractivity contribution in [3.63, 3.8) is 0 Å². The number of rotatable bonds is 4. The molecule has 2 rings (SSSR count). The topological polar surface area (TPSA) is 80.4 Å². The maximum absolute atomic E-state index is 13.7. The fourth-order valence-electron chi connectivity index (χ4n) is 2.92. The van der Waals surface area contributed by atoms with E-state index in [1.54, 1.807) is 25.1 Å². The van der Waals surface area contributed by atoms with Gasteiger partial charge in [-0.2, -0.15) is 0 Å². The van der Waals surface area contributed by atoms with E-state index in [0.717, 1.165) is 0 Å². The molecule has 0 aromatic heterocycles. The Labute approximate surface area is 118 Å². The highest BCUT2D eigenvalue weighted by atomic mass is 32.2. The first kappa shape index (κ1) is 15.4. The first-order valence-electron chi connectivity index (χ1n) is 6.58. The number of aliphatic hydroxyl groups is 1. The molecule has 0 aliphatic carbocycles. The number of benzene rings is 1. The molecule has 1 aliphatic heterocycles. The molecule has 0 amide bonds. The predicted octanol–water partition coefficient (Wildman–Crippen LogP) is 0.883. The molecular formula is C14H20FNO3S. The van der Waals surface area contributed by atoms with Gasteiger partial charge in [0.05, 0.1) is 17.1 Å². The minimum atomic E-state index is -3.19. The molecule has 2 atom stereocenters. The van der Waals surface area contributed by atoms with Crippen molar-refractivity contribution in [2.24, 2.45) is 11.1 Å². The molecule has 112 valence electrons. The van der Waals surface area contributed by atoms with Crippen LogP contribution in [0, 0.1) is 11.2 Å². The Morgan fingerprint density at radius 1 is 1.45 bits per heavy atom. The summed E-state index contributed by atoms with van der Waals surface area (Å²) in [5.41, 5.74) is 3.84. The molecule has 0 saturated carbocycles. The highest BCUT2D eigenvalue weighted by Gasteiger charge is 2.53. The zero-order valence-electron chi connectivity index (χ0n) is 11.5. The van der Waals surface area contributed by atoms with E-state index in [2.05, 4.69) is 0 Å². The van der Waals surface area contributed by atoms with Crippen molar-refractivity contribution >= 4 is 9.84 Å². The highest BCUT2D eigenvalue weighted by Crippen LogP contribution is 2.43. The van der Waals surface area contributed by atoms with Gasteiger partial charge in [0.15, 0.2) is 9.84 Å². The molecule has 2 unspecified atom stereocenters. The molecule has 20 heavy (non-hydrogen) atoms. The molecular weight excluding hydrogens is 281 g/mol. The van der Waals surface area contributed by atoms with E-state index in [-0.39, 0.29) is 24.5 Å². The average Bonchev–Trinajstić information content (AvgIpc) is 2.69. The lowest BCUT2D eigenvalue weighted by Crippen LogP contribution is -2.53. The molecule has 1 saturated heterocycles. The second-order valence-corrected chi connectivity index (χ2v) is 8.05. The van der Waals surface area contributed by atoms with E-state index < -0.39 is 26.7 Å². The van der Waals surface area contributed by atoms with Crippen LogP contribution < -0.4 is 5.73 Å². The molecule has 1 aliphatic rings. The summed E-state index contributed by atoms with van der Waals surface area (Å²) >= 11 is 0. The number of sulfone groups is 1. The Kier molecular flexibility index (Phi) is 3.92. The van der Waals surface area contributed by atoms with Crippen LogP contribution in [0.25, 0.3) is 0 Å². The molecule has 1 heterocycles. The second kappa shape index (κ2) is 5.09. The average molecular weight is 301 g/mol. The molecule has 1 fully saturated rings. The second-order valence-electron chi connectivity index (χ2n) is 5.87. The van der Waals surface area contributed by atoms with E-state index in [4.69, 9.17) is 5.73 Å². The number of nitrogens with two attached hydrogens (primary N) is 1. The van der Waals surface area contributed by atoms with E-state index in [1.807, 2.05) is 0 Å². The zero-order valence-corrected chi connectivity index (χ0v) is 12.3. The van der Waals surface area contributed by atoms with Crippen LogP contribution in [0.5, 0.6) is 0 Å².